The number of ether oxygens (including phenoxy) is 1. The van der Waals surface area contributed by atoms with E-state index in [2.05, 4.69) is 26.0 Å². The summed E-state index contributed by atoms with van der Waals surface area (Å²) in [7, 11) is 0. The predicted molar refractivity (Wildman–Crippen MR) is 150 cm³/mol. The van der Waals surface area contributed by atoms with E-state index in [4.69, 9.17) is 10.6 Å². The second-order valence-corrected chi connectivity index (χ2v) is 8.67. The molecule has 0 fully saturated rings. The molecule has 3 aromatic carbocycles. The summed E-state index contributed by atoms with van der Waals surface area (Å²) in [6.07, 6.45) is 4.91. The quantitative estimate of drug-likeness (QED) is 0.128. The first kappa shape index (κ1) is 27.0. The number of aromatic nitrogens is 1. The third-order valence-electron chi connectivity index (χ3n) is 5.80. The summed E-state index contributed by atoms with van der Waals surface area (Å²) in [6.45, 7) is 0.602. The first-order valence-corrected chi connectivity index (χ1v) is 12.4. The molecule has 0 radical (unpaired) electrons. The third-order valence-corrected chi connectivity index (χ3v) is 5.80. The maximum Gasteiger partial charge on any atom is 0.242 e. The second kappa shape index (κ2) is 14.1. The number of rotatable bonds is 12. The number of hydrazone groups is 1. The van der Waals surface area contributed by atoms with Crippen LogP contribution in [0.4, 0.5) is 0 Å². The van der Waals surface area contributed by atoms with Crippen LogP contribution >= 0.6 is 0 Å². The zero-order valence-electron chi connectivity index (χ0n) is 21.3. The van der Waals surface area contributed by atoms with E-state index in [0.29, 0.717) is 18.8 Å². The molecule has 1 atom stereocenters. The lowest BCUT2D eigenvalue weighted by atomic mass is 10.0. The Kier molecular flexibility index (Phi) is 9.74. The zero-order chi connectivity index (χ0) is 27.3. The smallest absolute Gasteiger partial charge is 0.242 e. The van der Waals surface area contributed by atoms with Gasteiger partial charge in [0.1, 0.15) is 17.5 Å². The Morgan fingerprint density at radius 3 is 2.28 bits per heavy atom. The summed E-state index contributed by atoms with van der Waals surface area (Å²) in [4.78, 5) is 29.6. The van der Waals surface area contributed by atoms with Gasteiger partial charge >= 0.3 is 0 Å². The van der Waals surface area contributed by atoms with Gasteiger partial charge in [-0.2, -0.15) is 5.10 Å². The number of hydrogen-bond donors (Lipinski definition) is 4. The topological polar surface area (TPSA) is 131 Å². The van der Waals surface area contributed by atoms with Gasteiger partial charge in [0.2, 0.25) is 11.8 Å². The molecular formula is C30H30N6O3. The van der Waals surface area contributed by atoms with Crippen molar-refractivity contribution in [1.29, 1.82) is 0 Å². The summed E-state index contributed by atoms with van der Waals surface area (Å²) < 4.78 is 5.88. The highest BCUT2D eigenvalue weighted by Crippen LogP contribution is 2.24. The maximum absolute atomic E-state index is 13.2. The van der Waals surface area contributed by atoms with Crippen LogP contribution < -0.4 is 26.5 Å². The molecule has 9 heteroatoms. The van der Waals surface area contributed by atoms with Crippen molar-refractivity contribution >= 4 is 18.0 Å². The van der Waals surface area contributed by atoms with Crippen LogP contribution in [0.15, 0.2) is 108 Å². The molecule has 198 valence electrons. The number of nitrogens with two attached hydrogens (primary N) is 1. The second-order valence-electron chi connectivity index (χ2n) is 8.67. The number of carbonyl (C=O) groups excluding carboxylic acids is 2. The minimum atomic E-state index is -0.702. The Morgan fingerprint density at radius 1 is 0.846 bits per heavy atom. The van der Waals surface area contributed by atoms with E-state index >= 15 is 0 Å². The normalized spacial score (nSPS) is 11.6. The average Bonchev–Trinajstić information content (AvgIpc) is 2.98. The van der Waals surface area contributed by atoms with Gasteiger partial charge in [-0.3, -0.25) is 19.9 Å². The maximum atomic E-state index is 13.2. The Morgan fingerprint density at radius 2 is 1.59 bits per heavy atom. The van der Waals surface area contributed by atoms with Crippen LogP contribution in [0.2, 0.25) is 0 Å². The molecule has 0 saturated heterocycles. The van der Waals surface area contributed by atoms with Gasteiger partial charge < -0.3 is 21.2 Å². The molecule has 4 rings (SSSR count). The minimum Gasteiger partial charge on any atom is -0.457 e. The van der Waals surface area contributed by atoms with E-state index in [1.807, 2.05) is 84.9 Å². The lowest BCUT2D eigenvalue weighted by Gasteiger charge is -2.19. The van der Waals surface area contributed by atoms with E-state index in [1.54, 1.807) is 24.7 Å². The molecule has 0 aliphatic heterocycles. The number of nitrogens with zero attached hydrogens (tertiary/aromatic N) is 2. The number of amides is 2. The molecule has 1 heterocycles. The highest BCUT2D eigenvalue weighted by molar-refractivity contribution is 5.88. The highest BCUT2D eigenvalue weighted by atomic mass is 16.5. The van der Waals surface area contributed by atoms with Gasteiger partial charge in [-0.15, -0.1) is 0 Å². The van der Waals surface area contributed by atoms with Crippen LogP contribution in [0.1, 0.15) is 28.3 Å². The van der Waals surface area contributed by atoms with Gasteiger partial charge in [0.15, 0.2) is 0 Å². The van der Waals surface area contributed by atoms with Crippen LogP contribution in [0.25, 0.3) is 0 Å². The van der Waals surface area contributed by atoms with Crippen LogP contribution in [0.5, 0.6) is 11.5 Å². The summed E-state index contributed by atoms with van der Waals surface area (Å²) in [6, 6.07) is 27.4. The fraction of sp³-hybridized carbons (Fsp3) is 0.133. The van der Waals surface area contributed by atoms with Crippen molar-refractivity contribution in [2.24, 2.45) is 10.9 Å². The Balaban J connectivity index is 1.41. The van der Waals surface area contributed by atoms with E-state index in [9.17, 15) is 9.59 Å². The first-order valence-electron chi connectivity index (χ1n) is 12.4. The van der Waals surface area contributed by atoms with Crippen LogP contribution in [0, 0.1) is 0 Å². The molecule has 1 unspecified atom stereocenters. The monoisotopic (exact) mass is 522 g/mol. The van der Waals surface area contributed by atoms with E-state index in [1.165, 1.54) is 0 Å². The molecule has 0 aliphatic rings. The molecule has 2 amide bonds. The van der Waals surface area contributed by atoms with Crippen molar-refractivity contribution in [3.05, 3.63) is 126 Å². The van der Waals surface area contributed by atoms with Gasteiger partial charge in [0.05, 0.1) is 12.8 Å². The van der Waals surface area contributed by atoms with E-state index < -0.39 is 6.04 Å². The van der Waals surface area contributed by atoms with E-state index in [0.717, 1.165) is 28.0 Å². The summed E-state index contributed by atoms with van der Waals surface area (Å²) >= 11 is 0. The third kappa shape index (κ3) is 8.51. The fourth-order valence-corrected chi connectivity index (χ4v) is 3.78. The van der Waals surface area contributed by atoms with Gasteiger partial charge in [-0.25, -0.2) is 0 Å². The predicted octanol–water partition coefficient (Wildman–Crippen LogP) is 3.43. The molecule has 0 bridgehead atoms. The molecule has 9 nitrogen and oxygen atoms in total. The number of pyridine rings is 1. The number of benzene rings is 3. The molecule has 0 aliphatic carbocycles. The average molecular weight is 523 g/mol. The lowest BCUT2D eigenvalue weighted by Crippen LogP contribution is -2.42. The molecule has 0 saturated carbocycles. The van der Waals surface area contributed by atoms with Gasteiger partial charge in [-0.05, 0) is 52.6 Å². The Bertz CT molecular complexity index is 1360. The SMILES string of the molecule is NN=Cc1ccc(CNC(C(=O)NCC(=O)NCc2cccnc2)c2ccc(Oc3ccccc3)cc2)cc1. The summed E-state index contributed by atoms with van der Waals surface area (Å²) in [5.74, 6) is 5.97. The fourth-order valence-electron chi connectivity index (χ4n) is 3.78. The van der Waals surface area contributed by atoms with Crippen LogP contribution in [-0.4, -0.2) is 29.6 Å². The van der Waals surface area contributed by atoms with Crippen molar-refractivity contribution < 1.29 is 14.3 Å². The van der Waals surface area contributed by atoms with E-state index in [-0.39, 0.29) is 18.4 Å². The molecule has 4 aromatic rings. The minimum absolute atomic E-state index is 0.153. The van der Waals surface area contributed by atoms with Crippen molar-refractivity contribution in [1.82, 2.24) is 20.9 Å². The van der Waals surface area contributed by atoms with Crippen LogP contribution in [-0.2, 0) is 22.7 Å². The summed E-state index contributed by atoms with van der Waals surface area (Å²) in [5, 5.41) is 12.4. The number of nitrogens with one attached hydrogen (secondary N) is 3. The molecule has 39 heavy (non-hydrogen) atoms. The standard InChI is InChI=1S/C30H30N6O3/c31-36-20-23-10-8-22(9-11-23)18-34-29(25-12-14-27(15-13-25)39-26-6-2-1-3-7-26)30(38)35-21-28(37)33-19-24-5-4-16-32-17-24/h1-17,20,29,34H,18-19,21,31H2,(H,33,37)(H,35,38). The van der Waals surface area contributed by atoms with Gasteiger partial charge in [-0.1, -0.05) is 60.7 Å². The lowest BCUT2D eigenvalue weighted by molar-refractivity contribution is -0.127. The molecular weight excluding hydrogens is 492 g/mol. The number of hydrogen-bond acceptors (Lipinski definition) is 7. The molecule has 1 aromatic heterocycles. The zero-order valence-corrected chi connectivity index (χ0v) is 21.3. The molecule has 5 N–H and O–H groups in total. The van der Waals surface area contributed by atoms with Crippen LogP contribution in [0.3, 0.4) is 0 Å². The van der Waals surface area contributed by atoms with Gasteiger partial charge in [0.25, 0.3) is 0 Å². The Labute approximate surface area is 227 Å². The van der Waals surface area contributed by atoms with Gasteiger partial charge in [0, 0.05) is 25.5 Å². The number of carbonyl (C=O) groups is 2. The Hall–Kier alpha value is -5.02. The van der Waals surface area contributed by atoms with Crippen molar-refractivity contribution in [2.45, 2.75) is 19.1 Å². The largest absolute Gasteiger partial charge is 0.457 e. The van der Waals surface area contributed by atoms with Crippen molar-refractivity contribution in [2.75, 3.05) is 6.54 Å². The highest BCUT2D eigenvalue weighted by Gasteiger charge is 2.21. The molecule has 0 spiro atoms. The van der Waals surface area contributed by atoms with Crippen molar-refractivity contribution in [3.63, 3.8) is 0 Å². The van der Waals surface area contributed by atoms with Crippen molar-refractivity contribution in [3.8, 4) is 11.5 Å². The number of para-hydroxylation sites is 1. The summed E-state index contributed by atoms with van der Waals surface area (Å²) in [5.41, 5.74) is 3.45. The first-order chi connectivity index (χ1) is 19.1.